The predicted octanol–water partition coefficient (Wildman–Crippen LogP) is 6.37. The van der Waals surface area contributed by atoms with E-state index in [1.807, 2.05) is 0 Å². The SMILES string of the molecule is C/C=C(/OB(C1CCCC1)C1CCCC1)C1CCCCC1. The quantitative estimate of drug-likeness (QED) is 0.422. The van der Waals surface area contributed by atoms with E-state index in [1.54, 1.807) is 0 Å². The largest absolute Gasteiger partial charge is 0.563 e. The zero-order valence-electron chi connectivity index (χ0n) is 14.0. The molecule has 3 fully saturated rings. The molecule has 0 atom stereocenters. The molecule has 3 aliphatic carbocycles. The lowest BCUT2D eigenvalue weighted by molar-refractivity contribution is 0.280. The molecule has 0 spiro atoms. The van der Waals surface area contributed by atoms with Crippen molar-refractivity contribution in [1.29, 1.82) is 0 Å². The van der Waals surface area contributed by atoms with Crippen LogP contribution in [-0.4, -0.2) is 6.92 Å². The molecule has 0 aromatic heterocycles. The molecule has 0 saturated heterocycles. The van der Waals surface area contributed by atoms with Crippen LogP contribution >= 0.6 is 0 Å². The molecule has 3 aliphatic rings. The molecular formula is C19H33BO. The van der Waals surface area contributed by atoms with Crippen molar-refractivity contribution < 1.29 is 4.65 Å². The van der Waals surface area contributed by atoms with E-state index in [0.717, 1.165) is 17.6 Å². The lowest BCUT2D eigenvalue weighted by Crippen LogP contribution is -2.30. The van der Waals surface area contributed by atoms with Crippen LogP contribution in [0.1, 0.15) is 90.4 Å². The van der Waals surface area contributed by atoms with Crippen molar-refractivity contribution in [2.24, 2.45) is 5.92 Å². The smallest absolute Gasteiger partial charge is 0.363 e. The van der Waals surface area contributed by atoms with Gasteiger partial charge in [-0.15, -0.1) is 0 Å². The molecule has 0 N–H and O–H groups in total. The summed E-state index contributed by atoms with van der Waals surface area (Å²) in [6.45, 7) is 2.74. The Balaban J connectivity index is 1.66. The molecule has 0 radical (unpaired) electrons. The van der Waals surface area contributed by atoms with Gasteiger partial charge in [-0.3, -0.25) is 0 Å². The minimum Gasteiger partial charge on any atom is -0.563 e. The van der Waals surface area contributed by atoms with E-state index in [2.05, 4.69) is 13.0 Å². The molecule has 0 aliphatic heterocycles. The summed E-state index contributed by atoms with van der Waals surface area (Å²) in [6, 6.07) is 0. The highest BCUT2D eigenvalue weighted by atomic mass is 16.4. The van der Waals surface area contributed by atoms with Crippen molar-refractivity contribution >= 4 is 6.92 Å². The lowest BCUT2D eigenvalue weighted by Gasteiger charge is -2.32. The van der Waals surface area contributed by atoms with Crippen molar-refractivity contribution in [1.82, 2.24) is 0 Å². The highest BCUT2D eigenvalue weighted by Crippen LogP contribution is 2.45. The van der Waals surface area contributed by atoms with Crippen LogP contribution in [0.4, 0.5) is 0 Å². The first-order valence-corrected chi connectivity index (χ1v) is 9.71. The van der Waals surface area contributed by atoms with Gasteiger partial charge in [0, 0.05) is 5.92 Å². The van der Waals surface area contributed by atoms with Gasteiger partial charge >= 0.3 is 6.92 Å². The Kier molecular flexibility index (Phi) is 5.71. The topological polar surface area (TPSA) is 9.23 Å². The first kappa shape index (κ1) is 15.5. The summed E-state index contributed by atoms with van der Waals surface area (Å²) >= 11 is 0. The van der Waals surface area contributed by atoms with Gasteiger partial charge in [-0.25, -0.2) is 0 Å². The van der Waals surface area contributed by atoms with Gasteiger partial charge in [-0.1, -0.05) is 76.7 Å². The maximum absolute atomic E-state index is 6.77. The van der Waals surface area contributed by atoms with Gasteiger partial charge in [0.15, 0.2) is 0 Å². The van der Waals surface area contributed by atoms with Crippen molar-refractivity contribution in [3.8, 4) is 0 Å². The molecule has 0 aromatic rings. The van der Waals surface area contributed by atoms with Gasteiger partial charge in [0.2, 0.25) is 0 Å². The lowest BCUT2D eigenvalue weighted by atomic mass is 9.45. The highest BCUT2D eigenvalue weighted by Gasteiger charge is 2.40. The maximum atomic E-state index is 6.77. The second-order valence-corrected chi connectivity index (χ2v) is 7.70. The summed E-state index contributed by atoms with van der Waals surface area (Å²) in [4.78, 5) is 0. The molecule has 21 heavy (non-hydrogen) atoms. The first-order valence-electron chi connectivity index (χ1n) is 9.71. The van der Waals surface area contributed by atoms with Crippen LogP contribution in [0.5, 0.6) is 0 Å². The third-order valence-electron chi connectivity index (χ3n) is 6.29. The van der Waals surface area contributed by atoms with E-state index in [9.17, 15) is 0 Å². The molecule has 3 saturated carbocycles. The fourth-order valence-corrected chi connectivity index (χ4v) is 5.09. The average Bonchev–Trinajstić information content (AvgIpc) is 3.23. The second kappa shape index (κ2) is 7.74. The van der Waals surface area contributed by atoms with Gasteiger partial charge in [0.25, 0.3) is 0 Å². The molecule has 0 amide bonds. The van der Waals surface area contributed by atoms with Crippen LogP contribution in [0.3, 0.4) is 0 Å². The van der Waals surface area contributed by atoms with Crippen LogP contribution in [0.2, 0.25) is 11.6 Å². The Bertz CT molecular complexity index is 317. The van der Waals surface area contributed by atoms with E-state index in [1.165, 1.54) is 89.2 Å². The summed E-state index contributed by atoms with van der Waals surface area (Å²) in [7, 11) is 0. The Morgan fingerprint density at radius 3 is 1.71 bits per heavy atom. The van der Waals surface area contributed by atoms with Gasteiger partial charge in [-0.2, -0.15) is 0 Å². The molecule has 1 nitrogen and oxygen atoms in total. The van der Waals surface area contributed by atoms with Crippen LogP contribution in [0.25, 0.3) is 0 Å². The van der Waals surface area contributed by atoms with Crippen molar-refractivity contribution in [3.05, 3.63) is 11.8 Å². The van der Waals surface area contributed by atoms with E-state index in [0.29, 0.717) is 6.92 Å². The first-order chi connectivity index (χ1) is 10.4. The Morgan fingerprint density at radius 2 is 1.24 bits per heavy atom. The molecule has 118 valence electrons. The standard InChI is InChI=1S/C19H33BO/c1-2-19(16-10-4-3-5-11-16)21-20(17-12-6-7-13-17)18-14-8-9-15-18/h2,16-18H,3-15H2,1H3/b19-2+. The Morgan fingerprint density at radius 1 is 0.762 bits per heavy atom. The number of hydrogen-bond donors (Lipinski definition) is 0. The van der Waals surface area contributed by atoms with E-state index < -0.39 is 0 Å². The van der Waals surface area contributed by atoms with Crippen LogP contribution in [0.15, 0.2) is 11.8 Å². The Hall–Kier alpha value is -0.395. The molecular weight excluding hydrogens is 255 g/mol. The minimum atomic E-state index is 0.545. The van der Waals surface area contributed by atoms with Gasteiger partial charge < -0.3 is 4.65 Å². The molecule has 0 heterocycles. The highest BCUT2D eigenvalue weighted by molar-refractivity contribution is 6.55. The zero-order chi connectivity index (χ0) is 14.5. The third-order valence-corrected chi connectivity index (χ3v) is 6.29. The Labute approximate surface area is 132 Å². The monoisotopic (exact) mass is 288 g/mol. The summed E-state index contributed by atoms with van der Waals surface area (Å²) in [6.07, 6.45) is 20.7. The third kappa shape index (κ3) is 3.87. The van der Waals surface area contributed by atoms with Crippen LogP contribution in [-0.2, 0) is 4.65 Å². The van der Waals surface area contributed by atoms with Crippen LogP contribution < -0.4 is 0 Å². The van der Waals surface area contributed by atoms with E-state index in [4.69, 9.17) is 4.65 Å². The van der Waals surface area contributed by atoms with Gasteiger partial charge in [0.05, 0.1) is 5.76 Å². The molecule has 2 heteroatoms. The molecule has 0 bridgehead atoms. The second-order valence-electron chi connectivity index (χ2n) is 7.70. The van der Waals surface area contributed by atoms with Gasteiger partial charge in [-0.05, 0) is 31.4 Å². The fraction of sp³-hybridized carbons (Fsp3) is 0.895. The summed E-state index contributed by atoms with van der Waals surface area (Å²) < 4.78 is 6.77. The minimum absolute atomic E-state index is 0.545. The summed E-state index contributed by atoms with van der Waals surface area (Å²) in [5.74, 6) is 3.80. The fourth-order valence-electron chi connectivity index (χ4n) is 5.09. The maximum Gasteiger partial charge on any atom is 0.363 e. The zero-order valence-corrected chi connectivity index (χ0v) is 14.0. The van der Waals surface area contributed by atoms with Gasteiger partial charge in [0.1, 0.15) is 0 Å². The van der Waals surface area contributed by atoms with Crippen molar-refractivity contribution in [3.63, 3.8) is 0 Å². The predicted molar refractivity (Wildman–Crippen MR) is 91.6 cm³/mol. The molecule has 0 aromatic carbocycles. The average molecular weight is 288 g/mol. The number of rotatable bonds is 5. The number of allylic oxidation sites excluding steroid dienone is 2. The summed E-state index contributed by atoms with van der Waals surface area (Å²) in [5.41, 5.74) is 0. The van der Waals surface area contributed by atoms with E-state index >= 15 is 0 Å². The summed E-state index contributed by atoms with van der Waals surface area (Å²) in [5, 5.41) is 0. The molecule has 3 rings (SSSR count). The number of hydrogen-bond acceptors (Lipinski definition) is 1. The van der Waals surface area contributed by atoms with Crippen molar-refractivity contribution in [2.75, 3.05) is 0 Å². The van der Waals surface area contributed by atoms with Crippen molar-refractivity contribution in [2.45, 2.75) is 102 Å². The molecule has 0 unspecified atom stereocenters. The van der Waals surface area contributed by atoms with Crippen LogP contribution in [0, 0.1) is 5.92 Å². The van der Waals surface area contributed by atoms with E-state index in [-0.39, 0.29) is 0 Å². The normalized spacial score (nSPS) is 26.4.